The minimum Gasteiger partial charge on any atom is -0.481 e. The van der Waals surface area contributed by atoms with Gasteiger partial charge in [0.1, 0.15) is 12.2 Å². The van der Waals surface area contributed by atoms with Crippen molar-refractivity contribution in [1.82, 2.24) is 0 Å². The fourth-order valence-corrected chi connectivity index (χ4v) is 1.80. The molecular formula is C14H11F3O5. The number of rotatable bonds is 4. The highest BCUT2D eigenvalue weighted by atomic mass is 19.4. The van der Waals surface area contributed by atoms with Crippen LogP contribution in [0.25, 0.3) is 11.0 Å². The summed E-state index contributed by atoms with van der Waals surface area (Å²) in [5.74, 6) is -1.92. The molecule has 1 heterocycles. The van der Waals surface area contributed by atoms with E-state index in [0.29, 0.717) is 0 Å². The maximum Gasteiger partial charge on any atom is 0.416 e. The third-order valence-electron chi connectivity index (χ3n) is 2.76. The van der Waals surface area contributed by atoms with Crippen LogP contribution in [0.15, 0.2) is 22.6 Å². The van der Waals surface area contributed by atoms with Crippen LogP contribution >= 0.6 is 0 Å². The van der Waals surface area contributed by atoms with Gasteiger partial charge in [-0.25, -0.2) is 4.79 Å². The third-order valence-corrected chi connectivity index (χ3v) is 2.76. The van der Waals surface area contributed by atoms with Gasteiger partial charge < -0.3 is 13.9 Å². The van der Waals surface area contributed by atoms with E-state index in [-0.39, 0.29) is 22.5 Å². The maximum absolute atomic E-state index is 12.8. The molecule has 0 unspecified atom stereocenters. The minimum atomic E-state index is -4.56. The smallest absolute Gasteiger partial charge is 0.416 e. The fraction of sp³-hybridized carbons (Fsp3) is 0.286. The number of alkyl halides is 3. The van der Waals surface area contributed by atoms with E-state index < -0.39 is 30.1 Å². The number of fused-ring (bicyclic) bond motifs is 1. The topological polar surface area (TPSA) is 65.7 Å². The normalized spacial score (nSPS) is 11.5. The Morgan fingerprint density at radius 1 is 1.27 bits per heavy atom. The number of hydrogen-bond acceptors (Lipinski definition) is 5. The van der Waals surface area contributed by atoms with Gasteiger partial charge in [0, 0.05) is 0 Å². The van der Waals surface area contributed by atoms with Crippen molar-refractivity contribution in [1.29, 1.82) is 0 Å². The van der Waals surface area contributed by atoms with E-state index in [9.17, 15) is 22.8 Å². The average molecular weight is 316 g/mol. The van der Waals surface area contributed by atoms with Gasteiger partial charge in [-0.05, 0) is 25.1 Å². The highest BCUT2D eigenvalue weighted by Crippen LogP contribution is 2.38. The SMILES string of the molecule is COC(=O)c1oc2ccc(C(F)(F)F)cc2c1OCC(C)=O. The van der Waals surface area contributed by atoms with Crippen molar-refractivity contribution in [3.05, 3.63) is 29.5 Å². The molecule has 0 bridgehead atoms. The van der Waals surface area contributed by atoms with Gasteiger partial charge in [-0.15, -0.1) is 0 Å². The lowest BCUT2D eigenvalue weighted by atomic mass is 10.1. The van der Waals surface area contributed by atoms with Crippen LogP contribution in [-0.4, -0.2) is 25.5 Å². The molecular weight excluding hydrogens is 305 g/mol. The number of Topliss-reactive ketones (excluding diaryl/α,β-unsaturated/α-hetero) is 1. The van der Waals surface area contributed by atoms with Gasteiger partial charge in [0.2, 0.25) is 0 Å². The molecule has 0 aliphatic carbocycles. The molecule has 0 aliphatic rings. The zero-order valence-electron chi connectivity index (χ0n) is 11.6. The summed E-state index contributed by atoms with van der Waals surface area (Å²) in [4.78, 5) is 22.6. The Morgan fingerprint density at radius 2 is 1.95 bits per heavy atom. The van der Waals surface area contributed by atoms with Crippen molar-refractivity contribution >= 4 is 22.7 Å². The molecule has 0 atom stereocenters. The minimum absolute atomic E-state index is 0.0203. The Bertz CT molecular complexity index is 730. The number of halogens is 3. The first kappa shape index (κ1) is 15.9. The van der Waals surface area contributed by atoms with Gasteiger partial charge in [0.05, 0.1) is 18.1 Å². The van der Waals surface area contributed by atoms with Crippen LogP contribution in [0.1, 0.15) is 23.0 Å². The Hall–Kier alpha value is -2.51. The highest BCUT2D eigenvalue weighted by molar-refractivity contribution is 5.99. The molecule has 0 amide bonds. The van der Waals surface area contributed by atoms with E-state index in [2.05, 4.69) is 4.74 Å². The van der Waals surface area contributed by atoms with Crippen LogP contribution in [0.5, 0.6) is 5.75 Å². The zero-order valence-corrected chi connectivity index (χ0v) is 11.6. The molecule has 2 rings (SSSR count). The Labute approximate surface area is 122 Å². The number of hydrogen-bond donors (Lipinski definition) is 0. The standard InChI is InChI=1S/C14H11F3O5/c1-7(18)6-21-11-9-5-8(14(15,16)17)3-4-10(9)22-12(11)13(19)20-2/h3-5H,6H2,1-2H3. The molecule has 8 heteroatoms. The van der Waals surface area contributed by atoms with Gasteiger partial charge in [-0.2, -0.15) is 13.2 Å². The molecule has 0 fully saturated rings. The molecule has 1 aromatic carbocycles. The van der Waals surface area contributed by atoms with Crippen LogP contribution in [-0.2, 0) is 15.7 Å². The van der Waals surface area contributed by atoms with E-state index in [0.717, 1.165) is 25.3 Å². The Kier molecular flexibility index (Phi) is 4.11. The molecule has 0 radical (unpaired) electrons. The van der Waals surface area contributed by atoms with Crippen molar-refractivity contribution in [2.24, 2.45) is 0 Å². The summed E-state index contributed by atoms with van der Waals surface area (Å²) in [6.07, 6.45) is -4.56. The van der Waals surface area contributed by atoms with Gasteiger partial charge in [-0.3, -0.25) is 4.79 Å². The number of ketones is 1. The van der Waals surface area contributed by atoms with Crippen LogP contribution in [0.4, 0.5) is 13.2 Å². The van der Waals surface area contributed by atoms with E-state index in [1.807, 2.05) is 0 Å². The van der Waals surface area contributed by atoms with E-state index in [4.69, 9.17) is 9.15 Å². The molecule has 0 saturated carbocycles. The van der Waals surface area contributed by atoms with Gasteiger partial charge in [-0.1, -0.05) is 0 Å². The third kappa shape index (κ3) is 3.05. The lowest BCUT2D eigenvalue weighted by Crippen LogP contribution is -2.10. The van der Waals surface area contributed by atoms with Crippen LogP contribution in [0.2, 0.25) is 0 Å². The molecule has 0 aliphatic heterocycles. The number of furan rings is 1. The molecule has 118 valence electrons. The fourth-order valence-electron chi connectivity index (χ4n) is 1.80. The molecule has 5 nitrogen and oxygen atoms in total. The molecule has 1 aromatic heterocycles. The maximum atomic E-state index is 12.8. The second-order valence-electron chi connectivity index (χ2n) is 4.45. The van der Waals surface area contributed by atoms with Gasteiger partial charge in [0.15, 0.2) is 11.5 Å². The van der Waals surface area contributed by atoms with Crippen molar-refractivity contribution in [2.45, 2.75) is 13.1 Å². The highest BCUT2D eigenvalue weighted by Gasteiger charge is 2.32. The van der Waals surface area contributed by atoms with E-state index >= 15 is 0 Å². The number of benzene rings is 1. The average Bonchev–Trinajstić information content (AvgIpc) is 2.80. The summed E-state index contributed by atoms with van der Waals surface area (Å²) in [7, 11) is 1.09. The second kappa shape index (κ2) is 5.70. The van der Waals surface area contributed by atoms with Crippen molar-refractivity contribution < 1.29 is 36.7 Å². The zero-order chi connectivity index (χ0) is 16.5. The quantitative estimate of drug-likeness (QED) is 0.810. The van der Waals surface area contributed by atoms with Crippen molar-refractivity contribution in [2.75, 3.05) is 13.7 Å². The molecule has 0 saturated heterocycles. The number of carbonyl (C=O) groups is 2. The molecule has 22 heavy (non-hydrogen) atoms. The van der Waals surface area contributed by atoms with Crippen LogP contribution < -0.4 is 4.74 Å². The summed E-state index contributed by atoms with van der Waals surface area (Å²) in [6, 6.07) is 2.69. The first-order valence-electron chi connectivity index (χ1n) is 6.08. The predicted octanol–water partition coefficient (Wildman–Crippen LogP) is 3.21. The summed E-state index contributed by atoms with van der Waals surface area (Å²) >= 11 is 0. The summed E-state index contributed by atoms with van der Waals surface area (Å²) in [6.45, 7) is 0.829. The number of carbonyl (C=O) groups excluding carboxylic acids is 2. The van der Waals surface area contributed by atoms with E-state index in [1.54, 1.807) is 0 Å². The number of ether oxygens (including phenoxy) is 2. The van der Waals surface area contributed by atoms with Crippen LogP contribution in [0, 0.1) is 0 Å². The van der Waals surface area contributed by atoms with Crippen molar-refractivity contribution in [3.63, 3.8) is 0 Å². The monoisotopic (exact) mass is 316 g/mol. The lowest BCUT2D eigenvalue weighted by Gasteiger charge is -2.07. The molecule has 2 aromatic rings. The van der Waals surface area contributed by atoms with E-state index in [1.165, 1.54) is 6.92 Å². The molecule has 0 N–H and O–H groups in total. The molecule has 0 spiro atoms. The first-order valence-corrected chi connectivity index (χ1v) is 6.08. The predicted molar refractivity (Wildman–Crippen MR) is 68.7 cm³/mol. The van der Waals surface area contributed by atoms with Gasteiger partial charge in [0.25, 0.3) is 5.76 Å². The van der Waals surface area contributed by atoms with Crippen LogP contribution in [0.3, 0.4) is 0 Å². The second-order valence-corrected chi connectivity index (χ2v) is 4.45. The Morgan fingerprint density at radius 3 is 2.50 bits per heavy atom. The lowest BCUT2D eigenvalue weighted by molar-refractivity contribution is -0.137. The summed E-state index contributed by atoms with van der Waals surface area (Å²) in [5.41, 5.74) is -0.906. The summed E-state index contributed by atoms with van der Waals surface area (Å²) < 4.78 is 53.1. The summed E-state index contributed by atoms with van der Waals surface area (Å²) in [5, 5.41) is -0.0588. The first-order chi connectivity index (χ1) is 10.2. The van der Waals surface area contributed by atoms with Crippen molar-refractivity contribution in [3.8, 4) is 5.75 Å². The Balaban J connectivity index is 2.61. The number of esters is 1. The van der Waals surface area contributed by atoms with Gasteiger partial charge >= 0.3 is 12.1 Å². The number of methoxy groups -OCH3 is 1. The largest absolute Gasteiger partial charge is 0.481 e.